The fraction of sp³-hybridized carbons (Fsp3) is 1.00. The van der Waals surface area contributed by atoms with E-state index >= 15 is 0 Å². The summed E-state index contributed by atoms with van der Waals surface area (Å²) in [5.74, 6) is -0.747. The Morgan fingerprint density at radius 2 is 1.91 bits per heavy atom. The summed E-state index contributed by atoms with van der Waals surface area (Å²) in [5, 5.41) is 0. The van der Waals surface area contributed by atoms with Crippen LogP contribution in [0.4, 0.5) is 0 Å². The van der Waals surface area contributed by atoms with Gasteiger partial charge in [0.15, 0.2) is 0 Å². The SMILES string of the molecule is CC(C)(C)C12COP(=O)(O1)O2. The zero-order chi connectivity index (χ0) is 8.33. The minimum Gasteiger partial charge on any atom is -0.281 e. The molecule has 4 nitrogen and oxygen atoms in total. The molecule has 64 valence electrons. The fourth-order valence-electron chi connectivity index (χ4n) is 1.13. The first kappa shape index (κ1) is 7.74. The van der Waals surface area contributed by atoms with Gasteiger partial charge in [0.05, 0.1) is 0 Å². The maximum Gasteiger partial charge on any atom is 0.480 e. The van der Waals surface area contributed by atoms with E-state index in [1.54, 1.807) is 0 Å². The molecule has 3 fully saturated rings. The molecular formula is C6H11O4P. The molecule has 0 unspecified atom stereocenters. The molecule has 0 amide bonds. The summed E-state index contributed by atoms with van der Waals surface area (Å²) in [6, 6.07) is 0. The van der Waals surface area contributed by atoms with Gasteiger partial charge in [-0.05, 0) is 0 Å². The monoisotopic (exact) mass is 178 g/mol. The predicted octanol–water partition coefficient (Wildman–Crippen LogP) is 1.91. The fourth-order valence-corrected chi connectivity index (χ4v) is 2.95. The Morgan fingerprint density at radius 3 is 2.09 bits per heavy atom. The molecule has 0 aromatic heterocycles. The van der Waals surface area contributed by atoms with Crippen LogP contribution < -0.4 is 0 Å². The van der Waals surface area contributed by atoms with E-state index in [0.717, 1.165) is 0 Å². The lowest BCUT2D eigenvalue weighted by Gasteiger charge is -2.43. The molecule has 3 saturated heterocycles. The van der Waals surface area contributed by atoms with Gasteiger partial charge in [-0.15, -0.1) is 0 Å². The number of rotatable bonds is 0. The first-order chi connectivity index (χ1) is 4.87. The number of phosphoric ester groups is 1. The minimum atomic E-state index is -3.06. The second-order valence-corrected chi connectivity index (χ2v) is 5.42. The van der Waals surface area contributed by atoms with Gasteiger partial charge in [0.1, 0.15) is 6.61 Å². The normalized spacial score (nSPS) is 49.0. The van der Waals surface area contributed by atoms with Gasteiger partial charge in [-0.1, -0.05) is 20.8 Å². The van der Waals surface area contributed by atoms with Crippen molar-refractivity contribution in [1.82, 2.24) is 0 Å². The number of hydrogen-bond acceptors (Lipinski definition) is 4. The lowest BCUT2D eigenvalue weighted by atomic mass is 9.86. The van der Waals surface area contributed by atoms with E-state index in [2.05, 4.69) is 0 Å². The van der Waals surface area contributed by atoms with E-state index in [-0.39, 0.29) is 12.0 Å². The van der Waals surface area contributed by atoms with Crippen molar-refractivity contribution in [2.75, 3.05) is 6.61 Å². The van der Waals surface area contributed by atoms with Crippen molar-refractivity contribution in [3.8, 4) is 0 Å². The molecule has 0 aliphatic carbocycles. The maximum absolute atomic E-state index is 11.1. The van der Waals surface area contributed by atoms with Crippen LogP contribution in [0.3, 0.4) is 0 Å². The Labute approximate surface area is 65.4 Å². The number of hydrogen-bond donors (Lipinski definition) is 0. The van der Waals surface area contributed by atoms with E-state index in [0.29, 0.717) is 0 Å². The van der Waals surface area contributed by atoms with Crippen LogP contribution in [-0.2, 0) is 18.1 Å². The summed E-state index contributed by atoms with van der Waals surface area (Å²) in [4.78, 5) is 0. The molecule has 0 aromatic rings. The zero-order valence-corrected chi connectivity index (χ0v) is 7.68. The van der Waals surface area contributed by atoms with Crippen LogP contribution in [-0.4, -0.2) is 12.4 Å². The summed E-state index contributed by atoms with van der Waals surface area (Å²) >= 11 is 0. The number of phosphoric acid groups is 1. The Hall–Kier alpha value is 0.110. The molecule has 0 N–H and O–H groups in total. The van der Waals surface area contributed by atoms with Crippen molar-refractivity contribution in [1.29, 1.82) is 0 Å². The molecule has 0 atom stereocenters. The van der Waals surface area contributed by atoms with Crippen LogP contribution in [0.5, 0.6) is 0 Å². The van der Waals surface area contributed by atoms with Crippen molar-refractivity contribution in [2.45, 2.75) is 26.6 Å². The Morgan fingerprint density at radius 1 is 1.36 bits per heavy atom. The quantitative estimate of drug-likeness (QED) is 0.531. The third-order valence-electron chi connectivity index (χ3n) is 2.07. The van der Waals surface area contributed by atoms with Crippen LogP contribution in [0.2, 0.25) is 0 Å². The van der Waals surface area contributed by atoms with Gasteiger partial charge in [0, 0.05) is 5.41 Å². The third-order valence-corrected chi connectivity index (χ3v) is 3.56. The number of fused-ring (bicyclic) bond motifs is 1. The maximum atomic E-state index is 11.1. The smallest absolute Gasteiger partial charge is 0.281 e. The Balaban J connectivity index is 2.26. The summed E-state index contributed by atoms with van der Waals surface area (Å²) in [6.45, 7) is 6.18. The summed E-state index contributed by atoms with van der Waals surface area (Å²) in [7, 11) is -3.06. The van der Waals surface area contributed by atoms with Crippen molar-refractivity contribution < 1.29 is 18.1 Å². The Kier molecular flexibility index (Phi) is 1.21. The molecule has 11 heavy (non-hydrogen) atoms. The molecule has 0 spiro atoms. The summed E-state index contributed by atoms with van der Waals surface area (Å²) < 4.78 is 26.1. The van der Waals surface area contributed by atoms with Gasteiger partial charge in [-0.2, -0.15) is 0 Å². The summed E-state index contributed by atoms with van der Waals surface area (Å²) in [5.41, 5.74) is -0.183. The second-order valence-electron chi connectivity index (χ2n) is 3.91. The van der Waals surface area contributed by atoms with Crippen LogP contribution in [0.25, 0.3) is 0 Å². The van der Waals surface area contributed by atoms with Gasteiger partial charge < -0.3 is 0 Å². The second kappa shape index (κ2) is 1.72. The topological polar surface area (TPSA) is 44.8 Å². The lowest BCUT2D eigenvalue weighted by Crippen LogP contribution is -2.49. The molecule has 2 bridgehead atoms. The Bertz CT molecular complexity index is 231. The highest BCUT2D eigenvalue weighted by Gasteiger charge is 2.70. The molecule has 3 heterocycles. The van der Waals surface area contributed by atoms with E-state index < -0.39 is 13.6 Å². The van der Waals surface area contributed by atoms with E-state index in [4.69, 9.17) is 13.6 Å². The largest absolute Gasteiger partial charge is 0.480 e. The minimum absolute atomic E-state index is 0.183. The highest BCUT2D eigenvalue weighted by molar-refractivity contribution is 7.50. The van der Waals surface area contributed by atoms with Gasteiger partial charge in [0.25, 0.3) is 0 Å². The van der Waals surface area contributed by atoms with Crippen LogP contribution >= 0.6 is 7.82 Å². The molecule has 3 aliphatic heterocycles. The first-order valence-corrected chi connectivity index (χ1v) is 4.99. The first-order valence-electron chi connectivity index (χ1n) is 3.53. The molecule has 0 aromatic carbocycles. The van der Waals surface area contributed by atoms with Gasteiger partial charge in [-0.3, -0.25) is 4.52 Å². The lowest BCUT2D eigenvalue weighted by molar-refractivity contribution is -0.226. The van der Waals surface area contributed by atoms with Crippen molar-refractivity contribution in [3.05, 3.63) is 0 Å². The van der Waals surface area contributed by atoms with Gasteiger partial charge >= 0.3 is 7.82 Å². The van der Waals surface area contributed by atoms with Crippen LogP contribution in [0, 0.1) is 5.41 Å². The molecule has 3 aliphatic rings. The average Bonchev–Trinajstić information content (AvgIpc) is 2.16. The van der Waals surface area contributed by atoms with Gasteiger partial charge in [0.2, 0.25) is 5.79 Å². The molecule has 3 rings (SSSR count). The third kappa shape index (κ3) is 0.842. The highest BCUT2D eigenvalue weighted by Crippen LogP contribution is 2.75. The van der Waals surface area contributed by atoms with E-state index in [1.165, 1.54) is 0 Å². The summed E-state index contributed by atoms with van der Waals surface area (Å²) in [6.07, 6.45) is 0. The molecule has 0 saturated carbocycles. The molecular weight excluding hydrogens is 167 g/mol. The van der Waals surface area contributed by atoms with Crippen LogP contribution in [0.15, 0.2) is 0 Å². The highest BCUT2D eigenvalue weighted by atomic mass is 31.2. The van der Waals surface area contributed by atoms with Crippen LogP contribution in [0.1, 0.15) is 20.8 Å². The molecule has 0 radical (unpaired) electrons. The van der Waals surface area contributed by atoms with Crippen molar-refractivity contribution in [3.63, 3.8) is 0 Å². The van der Waals surface area contributed by atoms with E-state index in [9.17, 15) is 4.57 Å². The van der Waals surface area contributed by atoms with E-state index in [1.807, 2.05) is 20.8 Å². The van der Waals surface area contributed by atoms with Gasteiger partial charge in [-0.25, -0.2) is 13.6 Å². The standard InChI is InChI=1S/C6H11O4P/c1-5(2,3)6-4-8-11(7,9-6)10-6/h4H2,1-3H3. The predicted molar refractivity (Wildman–Crippen MR) is 37.9 cm³/mol. The molecule has 5 heteroatoms. The van der Waals surface area contributed by atoms with Crippen molar-refractivity contribution >= 4 is 7.82 Å². The zero-order valence-electron chi connectivity index (χ0n) is 6.79. The average molecular weight is 178 g/mol. The van der Waals surface area contributed by atoms with Crippen molar-refractivity contribution in [2.24, 2.45) is 5.41 Å².